The van der Waals surface area contributed by atoms with Crippen LogP contribution in [0.3, 0.4) is 0 Å². The Kier molecular flexibility index (Phi) is 4.50. The normalized spacial score (nSPS) is 22.8. The number of hydrogen-bond acceptors (Lipinski definition) is 5. The number of ether oxygens (including phenoxy) is 2. The van der Waals surface area contributed by atoms with Gasteiger partial charge in [0.2, 0.25) is 0 Å². The Morgan fingerprint density at radius 1 is 1.33 bits per heavy atom. The SMILES string of the molecule is O=C(c1cc2c(s1)CCC2)N1CC2(C1)OCC[C@@H]2COCc1ccncc1. The van der Waals surface area contributed by atoms with E-state index in [4.69, 9.17) is 9.47 Å². The van der Waals surface area contributed by atoms with Crippen LogP contribution in [0.25, 0.3) is 0 Å². The molecule has 0 N–H and O–H groups in total. The number of likely N-dealkylation sites (tertiary alicyclic amines) is 1. The van der Waals surface area contributed by atoms with Gasteiger partial charge in [-0.2, -0.15) is 0 Å². The molecule has 2 fully saturated rings. The number of aromatic nitrogens is 1. The van der Waals surface area contributed by atoms with E-state index < -0.39 is 0 Å². The van der Waals surface area contributed by atoms with Gasteiger partial charge in [-0.05, 0) is 55.0 Å². The van der Waals surface area contributed by atoms with E-state index >= 15 is 0 Å². The Morgan fingerprint density at radius 2 is 2.19 bits per heavy atom. The molecule has 1 aliphatic carbocycles. The van der Waals surface area contributed by atoms with Gasteiger partial charge in [-0.3, -0.25) is 9.78 Å². The van der Waals surface area contributed by atoms with Crippen molar-refractivity contribution in [2.24, 2.45) is 5.92 Å². The maximum atomic E-state index is 12.8. The van der Waals surface area contributed by atoms with Crippen LogP contribution in [0.5, 0.6) is 0 Å². The number of rotatable bonds is 5. The number of thiophene rings is 1. The van der Waals surface area contributed by atoms with Crippen LogP contribution in [0.1, 0.15) is 38.5 Å². The molecule has 0 bridgehead atoms. The summed E-state index contributed by atoms with van der Waals surface area (Å²) in [6.07, 6.45) is 8.08. The van der Waals surface area contributed by atoms with E-state index in [1.165, 1.54) is 16.9 Å². The fourth-order valence-corrected chi connectivity index (χ4v) is 5.72. The Balaban J connectivity index is 1.17. The van der Waals surface area contributed by atoms with Crippen molar-refractivity contribution < 1.29 is 14.3 Å². The Labute approximate surface area is 163 Å². The average Bonchev–Trinajstić information content (AvgIpc) is 3.35. The number of pyridine rings is 1. The minimum absolute atomic E-state index is 0.173. The summed E-state index contributed by atoms with van der Waals surface area (Å²) in [5.74, 6) is 0.531. The topological polar surface area (TPSA) is 51.7 Å². The highest BCUT2D eigenvalue weighted by atomic mass is 32.1. The molecule has 2 saturated heterocycles. The molecule has 2 aliphatic heterocycles. The molecule has 3 aliphatic rings. The average molecular weight is 385 g/mol. The van der Waals surface area contributed by atoms with Crippen molar-refractivity contribution in [2.45, 2.75) is 37.9 Å². The highest BCUT2D eigenvalue weighted by Crippen LogP contribution is 2.41. The minimum Gasteiger partial charge on any atom is -0.376 e. The molecule has 4 heterocycles. The predicted molar refractivity (Wildman–Crippen MR) is 103 cm³/mol. The monoisotopic (exact) mass is 384 g/mol. The van der Waals surface area contributed by atoms with Crippen molar-refractivity contribution in [2.75, 3.05) is 26.3 Å². The van der Waals surface area contributed by atoms with Gasteiger partial charge in [0.05, 0.1) is 31.2 Å². The zero-order valence-corrected chi connectivity index (χ0v) is 16.2. The molecule has 0 radical (unpaired) electrons. The van der Waals surface area contributed by atoms with E-state index in [1.54, 1.807) is 23.7 Å². The summed E-state index contributed by atoms with van der Waals surface area (Å²) in [7, 11) is 0. The highest BCUT2D eigenvalue weighted by Gasteiger charge is 2.54. The number of amides is 1. The van der Waals surface area contributed by atoms with E-state index in [0.717, 1.165) is 36.3 Å². The summed E-state index contributed by atoms with van der Waals surface area (Å²) in [6.45, 7) is 3.42. The van der Waals surface area contributed by atoms with Crippen LogP contribution in [-0.2, 0) is 28.9 Å². The van der Waals surface area contributed by atoms with Crippen molar-refractivity contribution >= 4 is 17.2 Å². The summed E-state index contributed by atoms with van der Waals surface area (Å²) < 4.78 is 12.0. The van der Waals surface area contributed by atoms with Crippen molar-refractivity contribution in [3.8, 4) is 0 Å². The summed E-state index contributed by atoms with van der Waals surface area (Å²) in [4.78, 5) is 21.1. The van der Waals surface area contributed by atoms with Crippen LogP contribution in [0.2, 0.25) is 0 Å². The standard InChI is InChI=1S/C21H24N2O3S/c24-20(19-10-16-2-1-3-18(16)27-19)23-13-21(14-23)17(6-9-26-21)12-25-11-15-4-7-22-8-5-15/h4-5,7-8,10,17H,1-3,6,9,11-14H2/t17-/m1/s1. The van der Waals surface area contributed by atoms with Gasteiger partial charge in [0.1, 0.15) is 5.60 Å². The van der Waals surface area contributed by atoms with Crippen LogP contribution in [0.4, 0.5) is 0 Å². The van der Waals surface area contributed by atoms with Gasteiger partial charge >= 0.3 is 0 Å². The van der Waals surface area contributed by atoms with Crippen molar-refractivity contribution in [3.05, 3.63) is 51.5 Å². The quantitative estimate of drug-likeness (QED) is 0.795. The Bertz CT molecular complexity index is 808. The predicted octanol–water partition coefficient (Wildman–Crippen LogP) is 3.08. The van der Waals surface area contributed by atoms with Crippen LogP contribution in [0.15, 0.2) is 30.6 Å². The molecule has 1 spiro atoms. The number of carbonyl (C=O) groups is 1. The smallest absolute Gasteiger partial charge is 0.264 e. The summed E-state index contributed by atoms with van der Waals surface area (Å²) in [5, 5.41) is 0. The largest absolute Gasteiger partial charge is 0.376 e. The van der Waals surface area contributed by atoms with Crippen LogP contribution >= 0.6 is 11.3 Å². The van der Waals surface area contributed by atoms with E-state index in [2.05, 4.69) is 11.1 Å². The lowest BCUT2D eigenvalue weighted by Crippen LogP contribution is -2.66. The van der Waals surface area contributed by atoms with Crippen molar-refractivity contribution in [1.29, 1.82) is 0 Å². The number of fused-ring (bicyclic) bond motifs is 1. The van der Waals surface area contributed by atoms with Gasteiger partial charge in [-0.25, -0.2) is 0 Å². The van der Waals surface area contributed by atoms with Crippen LogP contribution in [0, 0.1) is 5.92 Å². The Morgan fingerprint density at radius 3 is 3.00 bits per heavy atom. The molecule has 1 atom stereocenters. The first-order chi connectivity index (χ1) is 13.2. The second kappa shape index (κ2) is 7.00. The van der Waals surface area contributed by atoms with Crippen molar-refractivity contribution in [1.82, 2.24) is 9.88 Å². The third kappa shape index (κ3) is 3.20. The van der Waals surface area contributed by atoms with Gasteiger partial charge in [0.25, 0.3) is 5.91 Å². The fourth-order valence-electron chi connectivity index (χ4n) is 4.50. The molecule has 6 heteroatoms. The molecule has 2 aromatic heterocycles. The first-order valence-corrected chi connectivity index (χ1v) is 10.6. The molecular weight excluding hydrogens is 360 g/mol. The second-order valence-corrected chi connectivity index (χ2v) is 8.98. The van der Waals surface area contributed by atoms with E-state index in [1.807, 2.05) is 17.0 Å². The second-order valence-electron chi connectivity index (χ2n) is 7.84. The van der Waals surface area contributed by atoms with Gasteiger partial charge < -0.3 is 14.4 Å². The lowest BCUT2D eigenvalue weighted by molar-refractivity contribution is -0.128. The first-order valence-electron chi connectivity index (χ1n) is 9.75. The van der Waals surface area contributed by atoms with E-state index in [0.29, 0.717) is 32.2 Å². The molecule has 0 aromatic carbocycles. The number of nitrogens with zero attached hydrogens (tertiary/aromatic N) is 2. The summed E-state index contributed by atoms with van der Waals surface area (Å²) in [6, 6.07) is 6.07. The number of aryl methyl sites for hydroxylation is 2. The lowest BCUT2D eigenvalue weighted by atomic mass is 9.81. The van der Waals surface area contributed by atoms with E-state index in [-0.39, 0.29) is 11.5 Å². The molecule has 1 amide bonds. The van der Waals surface area contributed by atoms with Crippen LogP contribution in [-0.4, -0.2) is 47.7 Å². The third-order valence-corrected chi connectivity index (χ3v) is 7.32. The lowest BCUT2D eigenvalue weighted by Gasteiger charge is -2.50. The number of carbonyl (C=O) groups excluding carboxylic acids is 1. The number of hydrogen-bond donors (Lipinski definition) is 0. The van der Waals surface area contributed by atoms with Gasteiger partial charge in [-0.1, -0.05) is 0 Å². The molecular formula is C21H24N2O3S. The van der Waals surface area contributed by atoms with Crippen LogP contribution < -0.4 is 0 Å². The first kappa shape index (κ1) is 17.3. The maximum Gasteiger partial charge on any atom is 0.264 e. The van der Waals surface area contributed by atoms with E-state index in [9.17, 15) is 4.79 Å². The fraction of sp³-hybridized carbons (Fsp3) is 0.524. The molecule has 27 heavy (non-hydrogen) atoms. The zero-order chi connectivity index (χ0) is 18.3. The molecule has 0 unspecified atom stereocenters. The summed E-state index contributed by atoms with van der Waals surface area (Å²) >= 11 is 1.69. The van der Waals surface area contributed by atoms with Gasteiger partial charge in [0, 0.05) is 29.8 Å². The molecule has 2 aromatic rings. The summed E-state index contributed by atoms with van der Waals surface area (Å²) in [5.41, 5.74) is 2.32. The molecule has 0 saturated carbocycles. The third-order valence-electron chi connectivity index (χ3n) is 6.10. The van der Waals surface area contributed by atoms with Gasteiger partial charge in [0.15, 0.2) is 0 Å². The molecule has 5 nitrogen and oxygen atoms in total. The minimum atomic E-state index is -0.201. The molecule has 142 valence electrons. The molecule has 5 rings (SSSR count). The van der Waals surface area contributed by atoms with Gasteiger partial charge in [-0.15, -0.1) is 11.3 Å². The highest BCUT2D eigenvalue weighted by molar-refractivity contribution is 7.14. The maximum absolute atomic E-state index is 12.8. The van der Waals surface area contributed by atoms with Crippen molar-refractivity contribution in [3.63, 3.8) is 0 Å². The Hall–Kier alpha value is -1.76. The zero-order valence-electron chi connectivity index (χ0n) is 15.4.